The molecule has 0 radical (unpaired) electrons. The molecule has 0 saturated heterocycles. The molecule has 0 N–H and O–H groups in total. The lowest BCUT2D eigenvalue weighted by Gasteiger charge is -2.08. The molecule has 0 rings (SSSR count). The van der Waals surface area contributed by atoms with Gasteiger partial charge in [0.1, 0.15) is 0 Å². The Bertz CT molecular complexity index is 267. The minimum Gasteiger partial charge on any atom is -0.466 e. The van der Waals surface area contributed by atoms with E-state index in [9.17, 15) is 4.79 Å². The molecule has 3 heteroatoms. The highest BCUT2D eigenvalue weighted by atomic mass is 16.5. The van der Waals surface area contributed by atoms with Crippen LogP contribution in [0, 0.1) is 0 Å². The highest BCUT2D eigenvalue weighted by Crippen LogP contribution is 2.12. The van der Waals surface area contributed by atoms with E-state index in [0.29, 0.717) is 13.0 Å². The van der Waals surface area contributed by atoms with Gasteiger partial charge in [0.25, 0.3) is 0 Å². The second-order valence-corrected chi connectivity index (χ2v) is 7.37. The Labute approximate surface area is 151 Å². The molecule has 0 amide bonds. The van der Waals surface area contributed by atoms with E-state index in [1.165, 1.54) is 70.6 Å². The number of carbonyl (C=O) groups is 1. The zero-order valence-electron chi connectivity index (χ0n) is 16.8. The summed E-state index contributed by atoms with van der Waals surface area (Å²) in [5, 5.41) is 0. The van der Waals surface area contributed by atoms with Gasteiger partial charge >= 0.3 is 5.97 Å². The third-order valence-electron chi connectivity index (χ3n) is 4.50. The SMILES string of the molecule is CCCCCCCCCCCCCCOC(=O)CCCCN(C)C. The topological polar surface area (TPSA) is 29.5 Å². The van der Waals surface area contributed by atoms with Crippen LogP contribution in [-0.2, 0) is 9.53 Å². The summed E-state index contributed by atoms with van der Waals surface area (Å²) in [6, 6.07) is 0. The Kier molecular flexibility index (Phi) is 18.3. The van der Waals surface area contributed by atoms with Crippen LogP contribution in [0.25, 0.3) is 0 Å². The molecule has 0 atom stereocenters. The van der Waals surface area contributed by atoms with Gasteiger partial charge < -0.3 is 9.64 Å². The first-order chi connectivity index (χ1) is 11.7. The van der Waals surface area contributed by atoms with E-state index in [0.717, 1.165) is 25.8 Å². The molecule has 0 unspecified atom stereocenters. The van der Waals surface area contributed by atoms with Crippen LogP contribution in [0.15, 0.2) is 0 Å². The molecule has 0 aromatic rings. The number of esters is 1. The van der Waals surface area contributed by atoms with Crippen molar-refractivity contribution in [1.29, 1.82) is 0 Å². The summed E-state index contributed by atoms with van der Waals surface area (Å²) in [5.41, 5.74) is 0. The monoisotopic (exact) mass is 341 g/mol. The van der Waals surface area contributed by atoms with Crippen LogP contribution in [0.4, 0.5) is 0 Å². The minimum absolute atomic E-state index is 0.0168. The van der Waals surface area contributed by atoms with Gasteiger partial charge in [0.15, 0.2) is 0 Å². The minimum atomic E-state index is -0.0168. The Morgan fingerprint density at radius 1 is 0.708 bits per heavy atom. The number of hydrogen-bond donors (Lipinski definition) is 0. The van der Waals surface area contributed by atoms with Gasteiger partial charge in [-0.3, -0.25) is 4.79 Å². The smallest absolute Gasteiger partial charge is 0.305 e. The van der Waals surface area contributed by atoms with Crippen LogP contribution in [0.5, 0.6) is 0 Å². The summed E-state index contributed by atoms with van der Waals surface area (Å²) in [7, 11) is 4.12. The lowest BCUT2D eigenvalue weighted by atomic mass is 10.1. The third-order valence-corrected chi connectivity index (χ3v) is 4.50. The Morgan fingerprint density at radius 3 is 1.71 bits per heavy atom. The highest BCUT2D eigenvalue weighted by Gasteiger charge is 2.02. The summed E-state index contributed by atoms with van der Waals surface area (Å²) >= 11 is 0. The van der Waals surface area contributed by atoms with Gasteiger partial charge in [-0.05, 0) is 39.9 Å². The lowest BCUT2D eigenvalue weighted by molar-refractivity contribution is -0.143. The quantitative estimate of drug-likeness (QED) is 0.227. The van der Waals surface area contributed by atoms with Crippen molar-refractivity contribution < 1.29 is 9.53 Å². The molecular weight excluding hydrogens is 298 g/mol. The van der Waals surface area contributed by atoms with Crippen molar-refractivity contribution in [2.24, 2.45) is 0 Å². The third kappa shape index (κ3) is 19.5. The van der Waals surface area contributed by atoms with E-state index in [4.69, 9.17) is 4.74 Å². The van der Waals surface area contributed by atoms with E-state index in [-0.39, 0.29) is 5.97 Å². The molecule has 0 aliphatic carbocycles. The zero-order chi connectivity index (χ0) is 17.9. The molecule has 0 bridgehead atoms. The predicted octanol–water partition coefficient (Wildman–Crippen LogP) is 5.96. The fourth-order valence-electron chi connectivity index (χ4n) is 2.90. The van der Waals surface area contributed by atoms with Gasteiger partial charge in [-0.1, -0.05) is 77.6 Å². The first-order valence-corrected chi connectivity index (χ1v) is 10.5. The fourth-order valence-corrected chi connectivity index (χ4v) is 2.90. The van der Waals surface area contributed by atoms with E-state index in [1.807, 2.05) is 0 Å². The molecule has 24 heavy (non-hydrogen) atoms. The lowest BCUT2D eigenvalue weighted by Crippen LogP contribution is -2.13. The van der Waals surface area contributed by atoms with Gasteiger partial charge in [-0.25, -0.2) is 0 Å². The van der Waals surface area contributed by atoms with Gasteiger partial charge in [0, 0.05) is 6.42 Å². The Balaban J connectivity index is 3.12. The van der Waals surface area contributed by atoms with Crippen LogP contribution in [0.3, 0.4) is 0 Å². The van der Waals surface area contributed by atoms with Crippen molar-refractivity contribution in [3.8, 4) is 0 Å². The van der Waals surface area contributed by atoms with E-state index in [2.05, 4.69) is 25.9 Å². The van der Waals surface area contributed by atoms with Crippen LogP contribution >= 0.6 is 0 Å². The van der Waals surface area contributed by atoms with Gasteiger partial charge in [-0.2, -0.15) is 0 Å². The summed E-state index contributed by atoms with van der Waals surface area (Å²) < 4.78 is 5.29. The van der Waals surface area contributed by atoms with Crippen molar-refractivity contribution in [3.63, 3.8) is 0 Å². The zero-order valence-corrected chi connectivity index (χ0v) is 16.8. The van der Waals surface area contributed by atoms with Gasteiger partial charge in [-0.15, -0.1) is 0 Å². The maximum absolute atomic E-state index is 11.6. The van der Waals surface area contributed by atoms with Gasteiger partial charge in [0.05, 0.1) is 6.61 Å². The molecule has 0 aromatic heterocycles. The highest BCUT2D eigenvalue weighted by molar-refractivity contribution is 5.69. The maximum atomic E-state index is 11.6. The molecular formula is C21H43NO2. The predicted molar refractivity (Wildman–Crippen MR) is 104 cm³/mol. The van der Waals surface area contributed by atoms with Crippen LogP contribution < -0.4 is 0 Å². The summed E-state index contributed by atoms with van der Waals surface area (Å²) in [6.45, 7) is 3.93. The Hall–Kier alpha value is -0.570. The molecule has 0 aromatic carbocycles. The van der Waals surface area contributed by atoms with Crippen LogP contribution in [0.1, 0.15) is 103 Å². The van der Waals surface area contributed by atoms with Crippen molar-refractivity contribution in [3.05, 3.63) is 0 Å². The largest absolute Gasteiger partial charge is 0.466 e. The number of carbonyl (C=O) groups excluding carboxylic acids is 1. The second kappa shape index (κ2) is 18.8. The Morgan fingerprint density at radius 2 is 1.21 bits per heavy atom. The van der Waals surface area contributed by atoms with E-state index in [1.54, 1.807) is 0 Å². The normalized spacial score (nSPS) is 11.2. The maximum Gasteiger partial charge on any atom is 0.305 e. The van der Waals surface area contributed by atoms with Crippen molar-refractivity contribution in [2.75, 3.05) is 27.2 Å². The first kappa shape index (κ1) is 23.4. The number of ether oxygens (including phenoxy) is 1. The van der Waals surface area contributed by atoms with Crippen molar-refractivity contribution in [1.82, 2.24) is 4.90 Å². The summed E-state index contributed by atoms with van der Waals surface area (Å²) in [6.07, 6.45) is 18.6. The summed E-state index contributed by atoms with van der Waals surface area (Å²) in [5.74, 6) is -0.0168. The van der Waals surface area contributed by atoms with Gasteiger partial charge in [0.2, 0.25) is 0 Å². The van der Waals surface area contributed by atoms with E-state index >= 15 is 0 Å². The molecule has 0 aliphatic heterocycles. The number of rotatable bonds is 18. The number of hydrogen-bond acceptors (Lipinski definition) is 3. The second-order valence-electron chi connectivity index (χ2n) is 7.37. The summed E-state index contributed by atoms with van der Waals surface area (Å²) in [4.78, 5) is 13.7. The number of nitrogens with zero attached hydrogens (tertiary/aromatic N) is 1. The fraction of sp³-hybridized carbons (Fsp3) is 0.952. The molecule has 0 heterocycles. The average Bonchev–Trinajstić information content (AvgIpc) is 2.55. The standard InChI is InChI=1S/C21H43NO2/c1-4-5-6-7-8-9-10-11-12-13-14-17-20-24-21(23)18-15-16-19-22(2)3/h4-20H2,1-3H3. The molecule has 0 fully saturated rings. The van der Waals surface area contributed by atoms with Crippen LogP contribution in [-0.4, -0.2) is 38.1 Å². The van der Waals surface area contributed by atoms with Crippen LogP contribution in [0.2, 0.25) is 0 Å². The van der Waals surface area contributed by atoms with Crippen molar-refractivity contribution >= 4 is 5.97 Å². The average molecular weight is 342 g/mol. The number of unbranched alkanes of at least 4 members (excludes halogenated alkanes) is 12. The van der Waals surface area contributed by atoms with E-state index < -0.39 is 0 Å². The molecule has 0 aliphatic rings. The first-order valence-electron chi connectivity index (χ1n) is 10.5. The van der Waals surface area contributed by atoms with Crippen molar-refractivity contribution in [2.45, 2.75) is 103 Å². The molecule has 0 spiro atoms. The molecule has 144 valence electrons. The molecule has 3 nitrogen and oxygen atoms in total. The molecule has 0 saturated carbocycles.